The van der Waals surface area contributed by atoms with Crippen molar-refractivity contribution in [3.8, 4) is 0 Å². The summed E-state index contributed by atoms with van der Waals surface area (Å²) >= 11 is 5.73. The van der Waals surface area contributed by atoms with Crippen LogP contribution in [0.1, 0.15) is 25.8 Å². The number of nitrogens with one attached hydrogen (secondary N) is 1. The lowest BCUT2D eigenvalue weighted by atomic mass is 9.93. The lowest BCUT2D eigenvalue weighted by Gasteiger charge is -2.42. The number of halogens is 1. The molecule has 2 rings (SSSR count). The van der Waals surface area contributed by atoms with Crippen molar-refractivity contribution in [2.24, 2.45) is 5.92 Å². The summed E-state index contributed by atoms with van der Waals surface area (Å²) in [6, 6.07) is 11.9. The second-order valence-electron chi connectivity index (χ2n) is 6.06. The number of hydrogen-bond donors (Lipinski definition) is 1. The molecule has 0 radical (unpaired) electrons. The van der Waals surface area contributed by atoms with E-state index in [0.29, 0.717) is 18.0 Å². The maximum atomic E-state index is 5.73. The van der Waals surface area contributed by atoms with Gasteiger partial charge in [-0.2, -0.15) is 0 Å². The lowest BCUT2D eigenvalue weighted by molar-refractivity contribution is 0.104. The third-order valence-corrected chi connectivity index (χ3v) is 4.77. The summed E-state index contributed by atoms with van der Waals surface area (Å²) in [6.45, 7) is 7.73. The van der Waals surface area contributed by atoms with E-state index in [0.717, 1.165) is 26.1 Å². The smallest absolute Gasteiger partial charge is 0.0250 e. The van der Waals surface area contributed by atoms with Crippen LogP contribution in [0.25, 0.3) is 0 Å². The van der Waals surface area contributed by atoms with E-state index in [1.165, 1.54) is 12.0 Å². The van der Waals surface area contributed by atoms with Gasteiger partial charge in [0.05, 0.1) is 0 Å². The summed E-state index contributed by atoms with van der Waals surface area (Å²) in [5.41, 5.74) is 3.05. The van der Waals surface area contributed by atoms with Crippen molar-refractivity contribution in [3.63, 3.8) is 0 Å². The van der Waals surface area contributed by atoms with Crippen LogP contribution in [0.3, 0.4) is 0 Å². The molecule has 0 saturated carbocycles. The van der Waals surface area contributed by atoms with Crippen LogP contribution in [-0.2, 0) is 6.42 Å². The van der Waals surface area contributed by atoms with Gasteiger partial charge in [0.25, 0.3) is 0 Å². The van der Waals surface area contributed by atoms with Crippen LogP contribution >= 0.6 is 11.6 Å². The van der Waals surface area contributed by atoms with Gasteiger partial charge in [-0.05, 0) is 17.9 Å². The molecule has 3 heteroatoms. The van der Waals surface area contributed by atoms with Crippen LogP contribution in [0.15, 0.2) is 41.9 Å². The summed E-state index contributed by atoms with van der Waals surface area (Å²) in [5.74, 6) is 0.707. The molecule has 2 nitrogen and oxygen atoms in total. The SMILES string of the molecule is CCC(C)C1CNC(Cc2ccccc2)CN1C/C=C/Cl. The Bertz CT molecular complexity index is 432. The molecule has 1 aromatic carbocycles. The molecule has 1 fully saturated rings. The van der Waals surface area contributed by atoms with Gasteiger partial charge in [-0.3, -0.25) is 4.90 Å². The van der Waals surface area contributed by atoms with Gasteiger partial charge in [-0.1, -0.05) is 68.3 Å². The van der Waals surface area contributed by atoms with Crippen molar-refractivity contribution < 1.29 is 0 Å². The monoisotopic (exact) mass is 306 g/mol. The summed E-state index contributed by atoms with van der Waals surface area (Å²) in [5, 5.41) is 3.74. The Morgan fingerprint density at radius 1 is 1.38 bits per heavy atom. The zero-order valence-electron chi connectivity index (χ0n) is 13.1. The zero-order chi connectivity index (χ0) is 15.1. The molecule has 1 aliphatic heterocycles. The Hall–Kier alpha value is -0.830. The van der Waals surface area contributed by atoms with Crippen molar-refractivity contribution in [3.05, 3.63) is 47.5 Å². The van der Waals surface area contributed by atoms with E-state index >= 15 is 0 Å². The van der Waals surface area contributed by atoms with Crippen molar-refractivity contribution in [2.75, 3.05) is 19.6 Å². The summed E-state index contributed by atoms with van der Waals surface area (Å²) in [4.78, 5) is 2.58. The van der Waals surface area contributed by atoms with Gasteiger partial charge in [0, 0.05) is 37.3 Å². The highest BCUT2D eigenvalue weighted by Crippen LogP contribution is 2.19. The molecule has 1 aliphatic rings. The summed E-state index contributed by atoms with van der Waals surface area (Å²) in [7, 11) is 0. The van der Waals surface area contributed by atoms with E-state index < -0.39 is 0 Å². The molecule has 0 amide bonds. The normalized spacial score (nSPS) is 25.3. The van der Waals surface area contributed by atoms with Crippen LogP contribution in [0.5, 0.6) is 0 Å². The number of rotatable bonds is 6. The molecule has 116 valence electrons. The fourth-order valence-corrected chi connectivity index (χ4v) is 3.23. The molecule has 0 bridgehead atoms. The largest absolute Gasteiger partial charge is 0.311 e. The Morgan fingerprint density at radius 2 is 2.14 bits per heavy atom. The number of nitrogens with zero attached hydrogens (tertiary/aromatic N) is 1. The molecular weight excluding hydrogens is 280 g/mol. The molecule has 3 unspecified atom stereocenters. The number of piperazine rings is 1. The first-order valence-corrected chi connectivity index (χ1v) is 8.44. The van der Waals surface area contributed by atoms with Gasteiger partial charge in [-0.15, -0.1) is 0 Å². The predicted octanol–water partition coefficient (Wildman–Crippen LogP) is 3.67. The lowest BCUT2D eigenvalue weighted by Crippen LogP contribution is -2.59. The van der Waals surface area contributed by atoms with E-state index in [9.17, 15) is 0 Å². The van der Waals surface area contributed by atoms with Gasteiger partial charge >= 0.3 is 0 Å². The first-order valence-electron chi connectivity index (χ1n) is 8.01. The fourth-order valence-electron chi connectivity index (χ4n) is 3.15. The Kier molecular flexibility index (Phi) is 6.75. The average molecular weight is 307 g/mol. The second kappa shape index (κ2) is 8.57. The quantitative estimate of drug-likeness (QED) is 0.862. The highest BCUT2D eigenvalue weighted by atomic mass is 35.5. The van der Waals surface area contributed by atoms with Crippen molar-refractivity contribution in [1.82, 2.24) is 10.2 Å². The molecule has 21 heavy (non-hydrogen) atoms. The minimum absolute atomic E-state index is 0.524. The number of benzene rings is 1. The van der Waals surface area contributed by atoms with E-state index in [1.54, 1.807) is 5.54 Å². The molecule has 0 aliphatic carbocycles. The standard InChI is InChI=1S/C18H27ClN2/c1-3-15(2)18-13-20-17(14-21(18)11-7-10-19)12-16-8-5-4-6-9-16/h4-10,15,17-18,20H,3,11-14H2,1-2H3/b10-7+. The third-order valence-electron chi connectivity index (χ3n) is 4.59. The van der Waals surface area contributed by atoms with Crippen molar-refractivity contribution in [2.45, 2.75) is 38.8 Å². The summed E-state index contributed by atoms with van der Waals surface area (Å²) < 4.78 is 0. The second-order valence-corrected chi connectivity index (χ2v) is 6.32. The predicted molar refractivity (Wildman–Crippen MR) is 91.7 cm³/mol. The van der Waals surface area contributed by atoms with E-state index in [4.69, 9.17) is 11.6 Å². The van der Waals surface area contributed by atoms with Gasteiger partial charge in [-0.25, -0.2) is 0 Å². The van der Waals surface area contributed by atoms with Crippen LogP contribution in [0, 0.1) is 5.92 Å². The highest BCUT2D eigenvalue weighted by Gasteiger charge is 2.29. The van der Waals surface area contributed by atoms with E-state index in [2.05, 4.69) is 60.5 Å². The van der Waals surface area contributed by atoms with Gasteiger partial charge in [0.1, 0.15) is 0 Å². The minimum atomic E-state index is 0.524. The average Bonchev–Trinajstić information content (AvgIpc) is 2.53. The van der Waals surface area contributed by atoms with Crippen LogP contribution in [0.2, 0.25) is 0 Å². The maximum absolute atomic E-state index is 5.73. The van der Waals surface area contributed by atoms with E-state index in [-0.39, 0.29) is 0 Å². The molecular formula is C18H27ClN2. The van der Waals surface area contributed by atoms with Gasteiger partial charge in [0.15, 0.2) is 0 Å². The molecule has 3 atom stereocenters. The Morgan fingerprint density at radius 3 is 2.81 bits per heavy atom. The maximum Gasteiger partial charge on any atom is 0.0250 e. The van der Waals surface area contributed by atoms with Gasteiger partial charge in [0.2, 0.25) is 0 Å². The minimum Gasteiger partial charge on any atom is -0.311 e. The highest BCUT2D eigenvalue weighted by molar-refractivity contribution is 6.25. The van der Waals surface area contributed by atoms with Crippen LogP contribution in [-0.4, -0.2) is 36.6 Å². The fraction of sp³-hybridized carbons (Fsp3) is 0.556. The Labute approximate surface area is 134 Å². The Balaban J connectivity index is 1.98. The molecule has 0 aromatic heterocycles. The summed E-state index contributed by atoms with van der Waals surface area (Å²) in [6.07, 6.45) is 4.37. The van der Waals surface area contributed by atoms with Crippen LogP contribution < -0.4 is 5.32 Å². The number of hydrogen-bond acceptors (Lipinski definition) is 2. The van der Waals surface area contributed by atoms with Gasteiger partial charge < -0.3 is 5.32 Å². The molecule has 0 spiro atoms. The topological polar surface area (TPSA) is 15.3 Å². The van der Waals surface area contributed by atoms with E-state index in [1.807, 2.05) is 0 Å². The molecule has 1 aromatic rings. The van der Waals surface area contributed by atoms with Crippen molar-refractivity contribution in [1.29, 1.82) is 0 Å². The van der Waals surface area contributed by atoms with Crippen molar-refractivity contribution >= 4 is 11.6 Å². The molecule has 1 saturated heterocycles. The third kappa shape index (κ3) is 4.84. The zero-order valence-corrected chi connectivity index (χ0v) is 13.9. The van der Waals surface area contributed by atoms with Crippen LogP contribution in [0.4, 0.5) is 0 Å². The first-order chi connectivity index (χ1) is 10.2. The molecule has 1 N–H and O–H groups in total. The first kappa shape index (κ1) is 16.5. The molecule has 1 heterocycles.